The maximum atomic E-state index is 12.8. The second-order valence-electron chi connectivity index (χ2n) is 9.37. The van der Waals surface area contributed by atoms with E-state index in [1.54, 1.807) is 0 Å². The highest BCUT2D eigenvalue weighted by molar-refractivity contribution is 6.06. The summed E-state index contributed by atoms with van der Waals surface area (Å²) in [4.78, 5) is 36.6. The molecule has 2 saturated heterocycles. The molecule has 0 aromatic carbocycles. The van der Waals surface area contributed by atoms with Crippen LogP contribution in [-0.4, -0.2) is 98.4 Å². The number of likely N-dealkylation sites (tertiary alicyclic amines) is 1. The molecule has 1 saturated carbocycles. The van der Waals surface area contributed by atoms with Crippen LogP contribution in [0.5, 0.6) is 0 Å². The Morgan fingerprint density at radius 3 is 2.32 bits per heavy atom. The first-order valence-electron chi connectivity index (χ1n) is 12.0. The van der Waals surface area contributed by atoms with E-state index < -0.39 is 0 Å². The Morgan fingerprint density at radius 1 is 1.00 bits per heavy atom. The highest BCUT2D eigenvalue weighted by Crippen LogP contribution is 2.52. The first-order valence-corrected chi connectivity index (χ1v) is 12.0. The molecule has 2 aliphatic heterocycles. The molecule has 0 radical (unpaired) electrons. The number of amides is 2. The molecule has 4 atom stereocenters. The SMILES string of the molecule is CCNC(=NCCCCN1CCN(C)CC1)NCCN1C(=O)C2C3C=CC(C3)C2C1=O. The van der Waals surface area contributed by atoms with E-state index in [-0.39, 0.29) is 35.5 Å². The fourth-order valence-electron chi connectivity index (χ4n) is 5.52. The van der Waals surface area contributed by atoms with Gasteiger partial charge in [-0.15, -0.1) is 0 Å². The van der Waals surface area contributed by atoms with Crippen LogP contribution in [0.2, 0.25) is 0 Å². The molecule has 31 heavy (non-hydrogen) atoms. The molecule has 4 rings (SSSR count). The van der Waals surface area contributed by atoms with Gasteiger partial charge in [-0.3, -0.25) is 19.5 Å². The Bertz CT molecular complexity index is 685. The molecular formula is C23H38N6O2. The maximum Gasteiger partial charge on any atom is 0.233 e. The summed E-state index contributed by atoms with van der Waals surface area (Å²) in [5.74, 6) is 1.15. The minimum atomic E-state index is -0.107. The predicted molar refractivity (Wildman–Crippen MR) is 122 cm³/mol. The fraction of sp³-hybridized carbons (Fsp3) is 0.783. The number of unbranched alkanes of at least 4 members (excludes halogenated alkanes) is 1. The molecule has 2 heterocycles. The Labute approximate surface area is 186 Å². The molecule has 8 nitrogen and oxygen atoms in total. The van der Waals surface area contributed by atoms with Gasteiger partial charge in [-0.1, -0.05) is 12.2 Å². The van der Waals surface area contributed by atoms with Crippen LogP contribution in [0, 0.1) is 23.7 Å². The lowest BCUT2D eigenvalue weighted by atomic mass is 9.85. The van der Waals surface area contributed by atoms with Crippen molar-refractivity contribution in [1.82, 2.24) is 25.3 Å². The number of guanidine groups is 1. The lowest BCUT2D eigenvalue weighted by molar-refractivity contribution is -0.140. The van der Waals surface area contributed by atoms with Gasteiger partial charge in [0.25, 0.3) is 0 Å². The van der Waals surface area contributed by atoms with E-state index in [1.807, 2.05) is 6.92 Å². The van der Waals surface area contributed by atoms with E-state index in [1.165, 1.54) is 4.90 Å². The molecule has 4 aliphatic rings. The zero-order valence-electron chi connectivity index (χ0n) is 19.1. The number of nitrogens with zero attached hydrogens (tertiary/aromatic N) is 4. The molecule has 2 amide bonds. The van der Waals surface area contributed by atoms with Crippen LogP contribution in [0.4, 0.5) is 0 Å². The Balaban J connectivity index is 1.17. The van der Waals surface area contributed by atoms with Crippen molar-refractivity contribution in [2.24, 2.45) is 28.7 Å². The minimum absolute atomic E-state index is 0.0273. The van der Waals surface area contributed by atoms with Crippen LogP contribution >= 0.6 is 0 Å². The molecule has 0 aromatic heterocycles. The van der Waals surface area contributed by atoms with Gasteiger partial charge in [-0.05, 0) is 51.6 Å². The van der Waals surface area contributed by atoms with Crippen LogP contribution in [-0.2, 0) is 9.59 Å². The quantitative estimate of drug-likeness (QED) is 0.181. The van der Waals surface area contributed by atoms with E-state index in [4.69, 9.17) is 0 Å². The summed E-state index contributed by atoms with van der Waals surface area (Å²) in [6.07, 6.45) is 7.47. The highest BCUT2D eigenvalue weighted by atomic mass is 16.2. The van der Waals surface area contributed by atoms with Crippen molar-refractivity contribution in [3.05, 3.63) is 12.2 Å². The number of aliphatic imine (C=N–C) groups is 1. The number of carbonyl (C=O) groups is 2. The van der Waals surface area contributed by atoms with E-state index in [0.717, 1.165) is 71.0 Å². The van der Waals surface area contributed by atoms with Gasteiger partial charge in [0.1, 0.15) is 0 Å². The molecule has 2 N–H and O–H groups in total. The molecule has 0 spiro atoms. The number of likely N-dealkylation sites (N-methyl/N-ethyl adjacent to an activating group) is 1. The van der Waals surface area contributed by atoms with Gasteiger partial charge in [-0.2, -0.15) is 0 Å². The second-order valence-corrected chi connectivity index (χ2v) is 9.37. The fourth-order valence-corrected chi connectivity index (χ4v) is 5.52. The summed E-state index contributed by atoms with van der Waals surface area (Å²) in [5, 5.41) is 6.56. The van der Waals surface area contributed by atoms with Gasteiger partial charge < -0.3 is 20.4 Å². The van der Waals surface area contributed by atoms with Crippen molar-refractivity contribution in [2.45, 2.75) is 26.2 Å². The number of nitrogens with one attached hydrogen (secondary N) is 2. The summed E-state index contributed by atoms with van der Waals surface area (Å²) in [6, 6.07) is 0. The number of carbonyl (C=O) groups excluding carboxylic acids is 2. The number of fused-ring (bicyclic) bond motifs is 5. The maximum absolute atomic E-state index is 12.8. The van der Waals surface area contributed by atoms with Crippen molar-refractivity contribution in [2.75, 3.05) is 66.0 Å². The van der Waals surface area contributed by atoms with Crippen molar-refractivity contribution in [3.8, 4) is 0 Å². The van der Waals surface area contributed by atoms with E-state index in [2.05, 4.69) is 44.6 Å². The van der Waals surface area contributed by atoms with Crippen LogP contribution in [0.3, 0.4) is 0 Å². The Morgan fingerprint density at radius 2 is 1.68 bits per heavy atom. The summed E-state index contributed by atoms with van der Waals surface area (Å²) in [6.45, 7) is 10.4. The third kappa shape index (κ3) is 4.95. The minimum Gasteiger partial charge on any atom is -0.357 e. The average Bonchev–Trinajstić information content (AvgIpc) is 3.44. The normalized spacial score (nSPS) is 31.0. The lowest BCUT2D eigenvalue weighted by Crippen LogP contribution is -2.44. The van der Waals surface area contributed by atoms with Crippen molar-refractivity contribution in [3.63, 3.8) is 0 Å². The van der Waals surface area contributed by atoms with Crippen LogP contribution < -0.4 is 10.6 Å². The largest absolute Gasteiger partial charge is 0.357 e. The number of imide groups is 1. The molecular weight excluding hydrogens is 392 g/mol. The zero-order valence-corrected chi connectivity index (χ0v) is 19.1. The van der Waals surface area contributed by atoms with E-state index >= 15 is 0 Å². The molecule has 2 bridgehead atoms. The average molecular weight is 431 g/mol. The standard InChI is InChI=1S/C23H38N6O2/c1-3-24-23(25-8-4-5-10-28-14-12-27(2)13-15-28)26-9-11-29-21(30)19-17-6-7-18(16-17)20(19)22(29)31/h6-7,17-20H,3-5,8-16H2,1-2H3,(H2,24,25,26). The van der Waals surface area contributed by atoms with Crippen molar-refractivity contribution >= 4 is 17.8 Å². The van der Waals surface area contributed by atoms with Gasteiger partial charge in [0.05, 0.1) is 11.8 Å². The second kappa shape index (κ2) is 10.1. The predicted octanol–water partition coefficient (Wildman–Crippen LogP) is 0.376. The molecule has 8 heteroatoms. The number of rotatable bonds is 9. The van der Waals surface area contributed by atoms with E-state index in [9.17, 15) is 9.59 Å². The molecule has 3 fully saturated rings. The Kier molecular flexibility index (Phi) is 7.27. The zero-order chi connectivity index (χ0) is 21.8. The van der Waals surface area contributed by atoms with E-state index in [0.29, 0.717) is 13.1 Å². The number of piperazine rings is 1. The third-order valence-corrected chi connectivity index (χ3v) is 7.28. The third-order valence-electron chi connectivity index (χ3n) is 7.28. The van der Waals surface area contributed by atoms with Crippen LogP contribution in [0.1, 0.15) is 26.2 Å². The van der Waals surface area contributed by atoms with Crippen molar-refractivity contribution < 1.29 is 9.59 Å². The number of hydrogen-bond acceptors (Lipinski definition) is 5. The van der Waals surface area contributed by atoms with Crippen LogP contribution in [0.15, 0.2) is 17.1 Å². The molecule has 4 unspecified atom stereocenters. The highest BCUT2D eigenvalue weighted by Gasteiger charge is 2.58. The topological polar surface area (TPSA) is 80.3 Å². The van der Waals surface area contributed by atoms with Gasteiger partial charge in [0, 0.05) is 52.4 Å². The summed E-state index contributed by atoms with van der Waals surface area (Å²) >= 11 is 0. The monoisotopic (exact) mass is 430 g/mol. The molecule has 2 aliphatic carbocycles. The Hall–Kier alpha value is -1.93. The number of allylic oxidation sites excluding steroid dienone is 2. The summed E-state index contributed by atoms with van der Waals surface area (Å²) in [5.41, 5.74) is 0. The lowest BCUT2D eigenvalue weighted by Gasteiger charge is -2.32. The first kappa shape index (κ1) is 22.3. The van der Waals surface area contributed by atoms with Crippen LogP contribution in [0.25, 0.3) is 0 Å². The molecule has 0 aromatic rings. The number of hydrogen-bond donors (Lipinski definition) is 2. The van der Waals surface area contributed by atoms with Crippen molar-refractivity contribution in [1.29, 1.82) is 0 Å². The summed E-state index contributed by atoms with van der Waals surface area (Å²) < 4.78 is 0. The van der Waals surface area contributed by atoms with Gasteiger partial charge >= 0.3 is 0 Å². The van der Waals surface area contributed by atoms with Gasteiger partial charge in [0.2, 0.25) is 11.8 Å². The van der Waals surface area contributed by atoms with Gasteiger partial charge in [0.15, 0.2) is 5.96 Å². The summed E-state index contributed by atoms with van der Waals surface area (Å²) in [7, 11) is 2.18. The smallest absolute Gasteiger partial charge is 0.233 e. The van der Waals surface area contributed by atoms with Gasteiger partial charge in [-0.25, -0.2) is 0 Å². The first-order chi connectivity index (χ1) is 15.1. The molecule has 172 valence electrons.